The van der Waals surface area contributed by atoms with E-state index in [1.807, 2.05) is 42.5 Å². The van der Waals surface area contributed by atoms with Crippen LogP contribution in [-0.4, -0.2) is 0 Å². The van der Waals surface area contributed by atoms with Crippen LogP contribution >= 0.6 is 46.4 Å². The lowest BCUT2D eigenvalue weighted by molar-refractivity contribution is 1.64. The van der Waals surface area contributed by atoms with Crippen LogP contribution < -0.4 is 0 Å². The predicted molar refractivity (Wildman–Crippen MR) is 81.0 cm³/mol. The van der Waals surface area contributed by atoms with E-state index in [0.717, 1.165) is 5.56 Å². The van der Waals surface area contributed by atoms with E-state index in [9.17, 15) is 0 Å². The first kappa shape index (κ1) is 13.8. The average molecular weight is 318 g/mol. The van der Waals surface area contributed by atoms with E-state index in [-0.39, 0.29) is 0 Å². The summed E-state index contributed by atoms with van der Waals surface area (Å²) in [5.74, 6) is 0. The molecular weight excluding hydrogens is 310 g/mol. The number of halogens is 4. The normalized spacial score (nSPS) is 16.1. The zero-order valence-electron chi connectivity index (χ0n) is 9.13. The Morgan fingerprint density at radius 1 is 0.722 bits per heavy atom. The first-order chi connectivity index (χ1) is 8.61. The van der Waals surface area contributed by atoms with Gasteiger partial charge in [0.15, 0.2) is 0 Å². The maximum absolute atomic E-state index is 6.04. The van der Waals surface area contributed by atoms with Crippen LogP contribution in [0.4, 0.5) is 0 Å². The number of hydrogen-bond acceptors (Lipinski definition) is 0. The van der Waals surface area contributed by atoms with Gasteiger partial charge in [-0.25, -0.2) is 0 Å². The first-order valence-electron chi connectivity index (χ1n) is 5.16. The molecule has 0 radical (unpaired) electrons. The highest BCUT2D eigenvalue weighted by molar-refractivity contribution is 6.55. The van der Waals surface area contributed by atoms with Crippen molar-refractivity contribution < 1.29 is 0 Å². The number of hydrogen-bond donors (Lipinski definition) is 0. The van der Waals surface area contributed by atoms with Crippen LogP contribution in [0.15, 0.2) is 68.2 Å². The van der Waals surface area contributed by atoms with Gasteiger partial charge in [-0.1, -0.05) is 95.0 Å². The molecule has 2 rings (SSSR count). The lowest BCUT2D eigenvalue weighted by Crippen LogP contribution is -1.77. The number of rotatable bonds is 2. The molecule has 0 unspecified atom stereocenters. The van der Waals surface area contributed by atoms with Gasteiger partial charge in [0, 0.05) is 5.57 Å². The van der Waals surface area contributed by atoms with E-state index in [4.69, 9.17) is 46.4 Å². The minimum atomic E-state index is 0.294. The molecule has 0 fully saturated rings. The van der Waals surface area contributed by atoms with E-state index in [1.54, 1.807) is 6.08 Å². The highest BCUT2D eigenvalue weighted by atomic mass is 35.5. The van der Waals surface area contributed by atoms with E-state index in [2.05, 4.69) is 0 Å². The minimum Gasteiger partial charge on any atom is -0.0819 e. The van der Waals surface area contributed by atoms with Gasteiger partial charge in [0.25, 0.3) is 0 Å². The van der Waals surface area contributed by atoms with Gasteiger partial charge in [-0.3, -0.25) is 0 Å². The van der Waals surface area contributed by atoms with E-state index in [0.29, 0.717) is 25.7 Å². The predicted octanol–water partition coefficient (Wildman–Crippen LogP) is 6.02. The molecule has 0 heterocycles. The fourth-order valence-corrected chi connectivity index (χ4v) is 2.53. The van der Waals surface area contributed by atoms with E-state index < -0.39 is 0 Å². The second kappa shape index (κ2) is 5.99. The van der Waals surface area contributed by atoms with Crippen molar-refractivity contribution in [2.75, 3.05) is 0 Å². The largest absolute Gasteiger partial charge is 0.0819 e. The molecule has 4 heteroatoms. The summed E-state index contributed by atoms with van der Waals surface area (Å²) in [5.41, 5.74) is 1.73. The van der Waals surface area contributed by atoms with Gasteiger partial charge >= 0.3 is 0 Å². The molecule has 1 aliphatic rings. The Bertz CT molecular complexity index is 551. The van der Waals surface area contributed by atoms with Crippen molar-refractivity contribution in [3.63, 3.8) is 0 Å². The molecule has 0 spiro atoms. The van der Waals surface area contributed by atoms with Crippen molar-refractivity contribution in [2.24, 2.45) is 0 Å². The minimum absolute atomic E-state index is 0.294. The summed E-state index contributed by atoms with van der Waals surface area (Å²) in [7, 11) is 0. The third-order valence-electron chi connectivity index (χ3n) is 2.40. The van der Waals surface area contributed by atoms with Crippen LogP contribution in [-0.2, 0) is 0 Å². The molecule has 18 heavy (non-hydrogen) atoms. The molecule has 0 nitrogen and oxygen atoms in total. The van der Waals surface area contributed by atoms with Gasteiger partial charge in [-0.2, -0.15) is 0 Å². The van der Waals surface area contributed by atoms with Gasteiger partial charge in [-0.15, -0.1) is 0 Å². The lowest BCUT2D eigenvalue weighted by Gasteiger charge is -1.96. The number of allylic oxidation sites excluding steroid dienone is 7. The molecule has 0 N–H and O–H groups in total. The van der Waals surface area contributed by atoms with Gasteiger partial charge in [0.1, 0.15) is 0 Å². The maximum Gasteiger partial charge on any atom is 0.0800 e. The van der Waals surface area contributed by atoms with Crippen molar-refractivity contribution in [1.29, 1.82) is 0 Å². The fraction of sp³-hybridized carbons (Fsp3) is 0. The van der Waals surface area contributed by atoms with Crippen LogP contribution in [0.1, 0.15) is 5.56 Å². The molecule has 0 amide bonds. The van der Waals surface area contributed by atoms with Crippen LogP contribution in [0.5, 0.6) is 0 Å². The Morgan fingerprint density at radius 2 is 1.28 bits per heavy atom. The summed E-state index contributed by atoms with van der Waals surface area (Å²) in [6, 6.07) is 9.90. The molecule has 1 aliphatic carbocycles. The van der Waals surface area contributed by atoms with E-state index in [1.165, 1.54) is 0 Å². The van der Waals surface area contributed by atoms with Gasteiger partial charge in [-0.05, 0) is 5.56 Å². The lowest BCUT2D eigenvalue weighted by atomic mass is 10.2. The Kier molecular flexibility index (Phi) is 4.58. The molecule has 92 valence electrons. The average Bonchev–Trinajstić information content (AvgIpc) is 2.57. The highest BCUT2D eigenvalue weighted by Crippen LogP contribution is 2.44. The Morgan fingerprint density at radius 3 is 1.83 bits per heavy atom. The maximum atomic E-state index is 6.04. The Labute approximate surface area is 126 Å². The second-order valence-electron chi connectivity index (χ2n) is 3.61. The molecule has 0 saturated heterocycles. The second-order valence-corrected chi connectivity index (χ2v) is 5.12. The SMILES string of the molecule is ClC1=C(Cl)C(Cl)=C(Cl)C1=C/C=C/c1ccccc1. The van der Waals surface area contributed by atoms with Gasteiger partial charge in [0.2, 0.25) is 0 Å². The van der Waals surface area contributed by atoms with Crippen LogP contribution in [0, 0.1) is 0 Å². The van der Waals surface area contributed by atoms with Crippen LogP contribution in [0.2, 0.25) is 0 Å². The smallest absolute Gasteiger partial charge is 0.0800 e. The van der Waals surface area contributed by atoms with Crippen molar-refractivity contribution in [3.05, 3.63) is 73.7 Å². The van der Waals surface area contributed by atoms with Gasteiger partial charge < -0.3 is 0 Å². The monoisotopic (exact) mass is 316 g/mol. The van der Waals surface area contributed by atoms with Crippen molar-refractivity contribution in [2.45, 2.75) is 0 Å². The third kappa shape index (κ3) is 2.84. The topological polar surface area (TPSA) is 0 Å². The molecule has 0 saturated carbocycles. The molecule has 0 aliphatic heterocycles. The summed E-state index contributed by atoms with van der Waals surface area (Å²) < 4.78 is 0. The molecular formula is C14H8Cl4. The summed E-state index contributed by atoms with van der Waals surface area (Å²) >= 11 is 23.9. The summed E-state index contributed by atoms with van der Waals surface area (Å²) in [6.45, 7) is 0. The number of benzene rings is 1. The zero-order valence-corrected chi connectivity index (χ0v) is 12.2. The third-order valence-corrected chi connectivity index (χ3v) is 4.23. The summed E-state index contributed by atoms with van der Waals surface area (Å²) in [4.78, 5) is 0. The fourth-order valence-electron chi connectivity index (χ4n) is 1.49. The molecule has 1 aromatic carbocycles. The first-order valence-corrected chi connectivity index (χ1v) is 6.67. The molecule has 1 aromatic rings. The van der Waals surface area contributed by atoms with Gasteiger partial charge in [0.05, 0.1) is 20.1 Å². The van der Waals surface area contributed by atoms with Crippen LogP contribution in [0.25, 0.3) is 6.08 Å². The van der Waals surface area contributed by atoms with Crippen LogP contribution in [0.3, 0.4) is 0 Å². The molecule has 0 aromatic heterocycles. The van der Waals surface area contributed by atoms with E-state index >= 15 is 0 Å². The Hall–Kier alpha value is -0.660. The standard InChI is InChI=1S/C14H8Cl4/c15-11-10(12(16)14(18)13(11)17)8-4-7-9-5-2-1-3-6-9/h1-8H/b7-4+. The van der Waals surface area contributed by atoms with Crippen molar-refractivity contribution in [3.8, 4) is 0 Å². The molecule has 0 bridgehead atoms. The zero-order chi connectivity index (χ0) is 13.1. The quantitative estimate of drug-likeness (QED) is 0.625. The van der Waals surface area contributed by atoms with Crippen molar-refractivity contribution >= 4 is 52.5 Å². The Balaban J connectivity index is 2.24. The highest BCUT2D eigenvalue weighted by Gasteiger charge is 2.24. The summed E-state index contributed by atoms with van der Waals surface area (Å²) in [5, 5.41) is 1.35. The summed E-state index contributed by atoms with van der Waals surface area (Å²) in [6.07, 6.45) is 5.59. The molecule has 0 atom stereocenters. The van der Waals surface area contributed by atoms with Crippen molar-refractivity contribution in [1.82, 2.24) is 0 Å².